The van der Waals surface area contributed by atoms with Gasteiger partial charge in [0, 0.05) is 28.9 Å². The normalized spacial score (nSPS) is 15.7. The summed E-state index contributed by atoms with van der Waals surface area (Å²) in [6.07, 6.45) is 4.32. The number of benzene rings is 1. The standard InChI is InChI=1S/C20H26N4S/c1-3-21-19(23-14-18-16(2)8-7-13-22-18)24-15-20(11-12-20)25-17-9-5-4-6-10-17/h4-10,13H,3,11-12,14-15H2,1-2H3,(H2,21,23,24). The molecule has 2 N–H and O–H groups in total. The van der Waals surface area contributed by atoms with Gasteiger partial charge in [-0.2, -0.15) is 0 Å². The molecule has 3 rings (SSSR count). The van der Waals surface area contributed by atoms with E-state index in [-0.39, 0.29) is 0 Å². The van der Waals surface area contributed by atoms with E-state index < -0.39 is 0 Å². The van der Waals surface area contributed by atoms with E-state index in [4.69, 9.17) is 4.99 Å². The van der Waals surface area contributed by atoms with Gasteiger partial charge in [-0.05, 0) is 50.5 Å². The Morgan fingerprint density at radius 1 is 1.16 bits per heavy atom. The molecule has 5 heteroatoms. The molecular weight excluding hydrogens is 328 g/mol. The molecule has 25 heavy (non-hydrogen) atoms. The number of pyridine rings is 1. The van der Waals surface area contributed by atoms with Crippen LogP contribution in [0.3, 0.4) is 0 Å². The molecule has 0 amide bonds. The van der Waals surface area contributed by atoms with Gasteiger partial charge in [0.25, 0.3) is 0 Å². The fourth-order valence-corrected chi connectivity index (χ4v) is 3.86. The first-order valence-electron chi connectivity index (χ1n) is 8.87. The second-order valence-corrected chi connectivity index (χ2v) is 7.96. The summed E-state index contributed by atoms with van der Waals surface area (Å²) in [5.41, 5.74) is 2.21. The molecule has 0 spiro atoms. The summed E-state index contributed by atoms with van der Waals surface area (Å²) < 4.78 is 0.304. The zero-order chi connectivity index (χ0) is 17.5. The number of guanidine groups is 1. The largest absolute Gasteiger partial charge is 0.357 e. The molecule has 0 unspecified atom stereocenters. The maximum Gasteiger partial charge on any atom is 0.191 e. The van der Waals surface area contributed by atoms with Gasteiger partial charge in [-0.1, -0.05) is 24.3 Å². The zero-order valence-corrected chi connectivity index (χ0v) is 15.8. The topological polar surface area (TPSA) is 49.3 Å². The van der Waals surface area contributed by atoms with Crippen molar-refractivity contribution in [3.05, 3.63) is 59.9 Å². The van der Waals surface area contributed by atoms with E-state index in [1.165, 1.54) is 23.3 Å². The minimum absolute atomic E-state index is 0.304. The van der Waals surface area contributed by atoms with Gasteiger partial charge >= 0.3 is 0 Å². The number of aliphatic imine (C=N–C) groups is 1. The highest BCUT2D eigenvalue weighted by Gasteiger charge is 2.43. The van der Waals surface area contributed by atoms with E-state index in [0.717, 1.165) is 24.7 Å². The number of rotatable bonds is 7. The van der Waals surface area contributed by atoms with Crippen molar-refractivity contribution in [1.82, 2.24) is 15.6 Å². The maximum atomic E-state index is 4.71. The lowest BCUT2D eigenvalue weighted by Gasteiger charge is -2.18. The summed E-state index contributed by atoms with van der Waals surface area (Å²) in [5, 5.41) is 6.86. The van der Waals surface area contributed by atoms with Gasteiger partial charge in [0.05, 0.1) is 12.2 Å². The van der Waals surface area contributed by atoms with E-state index in [0.29, 0.717) is 11.3 Å². The van der Waals surface area contributed by atoms with Crippen LogP contribution in [0.25, 0.3) is 0 Å². The van der Waals surface area contributed by atoms with Crippen LogP contribution in [-0.2, 0) is 6.54 Å². The second kappa shape index (κ2) is 8.39. The van der Waals surface area contributed by atoms with Crippen molar-refractivity contribution in [3.8, 4) is 0 Å². The third kappa shape index (κ3) is 5.23. The predicted octanol–water partition coefficient (Wildman–Crippen LogP) is 3.77. The molecule has 1 saturated carbocycles. The smallest absolute Gasteiger partial charge is 0.191 e. The molecule has 1 aliphatic carbocycles. The molecular formula is C20H26N4S. The van der Waals surface area contributed by atoms with Crippen LogP contribution in [0.1, 0.15) is 31.0 Å². The van der Waals surface area contributed by atoms with Crippen molar-refractivity contribution >= 4 is 17.7 Å². The molecule has 0 atom stereocenters. The van der Waals surface area contributed by atoms with Gasteiger partial charge in [0.1, 0.15) is 0 Å². The van der Waals surface area contributed by atoms with Gasteiger partial charge in [-0.25, -0.2) is 4.99 Å². The summed E-state index contributed by atoms with van der Waals surface area (Å²) >= 11 is 1.98. The van der Waals surface area contributed by atoms with Crippen LogP contribution in [0.4, 0.5) is 0 Å². The molecule has 0 bridgehead atoms. The minimum Gasteiger partial charge on any atom is -0.357 e. The van der Waals surface area contributed by atoms with E-state index in [1.807, 2.05) is 24.0 Å². The number of thioether (sulfide) groups is 1. The summed E-state index contributed by atoms with van der Waals surface area (Å²) in [6, 6.07) is 14.7. The molecule has 0 radical (unpaired) electrons. The minimum atomic E-state index is 0.304. The maximum absolute atomic E-state index is 4.71. The van der Waals surface area contributed by atoms with Gasteiger partial charge < -0.3 is 10.6 Å². The van der Waals surface area contributed by atoms with Crippen LogP contribution < -0.4 is 10.6 Å². The molecule has 0 saturated heterocycles. The van der Waals surface area contributed by atoms with Crippen molar-refractivity contribution in [2.24, 2.45) is 4.99 Å². The summed E-state index contributed by atoms with van der Waals surface area (Å²) in [6.45, 7) is 6.55. The number of hydrogen-bond donors (Lipinski definition) is 2. The molecule has 1 heterocycles. The number of hydrogen-bond acceptors (Lipinski definition) is 3. The Morgan fingerprint density at radius 3 is 2.64 bits per heavy atom. The Kier molecular flexibility index (Phi) is 5.97. The molecule has 2 aromatic rings. The van der Waals surface area contributed by atoms with Gasteiger partial charge in [-0.3, -0.25) is 4.98 Å². The fourth-order valence-electron chi connectivity index (χ4n) is 2.62. The van der Waals surface area contributed by atoms with Crippen LogP contribution in [-0.4, -0.2) is 28.8 Å². The third-order valence-corrected chi connectivity index (χ3v) is 5.81. The second-order valence-electron chi connectivity index (χ2n) is 6.41. The van der Waals surface area contributed by atoms with Crippen LogP contribution in [0, 0.1) is 6.92 Å². The van der Waals surface area contributed by atoms with E-state index in [1.54, 1.807) is 0 Å². The molecule has 132 valence electrons. The number of nitrogens with zero attached hydrogens (tertiary/aromatic N) is 2. The first kappa shape index (κ1) is 17.8. The Bertz CT molecular complexity index is 711. The summed E-state index contributed by atoms with van der Waals surface area (Å²) in [7, 11) is 0. The Morgan fingerprint density at radius 2 is 1.96 bits per heavy atom. The van der Waals surface area contributed by atoms with Crippen LogP contribution in [0.5, 0.6) is 0 Å². The Labute approximate surface area is 154 Å². The summed E-state index contributed by atoms with van der Waals surface area (Å²) in [5.74, 6) is 0.868. The predicted molar refractivity (Wildman–Crippen MR) is 106 cm³/mol. The SMILES string of the molecule is CCNC(=NCc1ncccc1C)NCC1(Sc2ccccc2)CC1. The monoisotopic (exact) mass is 354 g/mol. The van der Waals surface area contributed by atoms with E-state index >= 15 is 0 Å². The van der Waals surface area contributed by atoms with E-state index in [2.05, 4.69) is 65.9 Å². The van der Waals surface area contributed by atoms with Crippen LogP contribution >= 0.6 is 11.8 Å². The van der Waals surface area contributed by atoms with Gasteiger partial charge in [-0.15, -0.1) is 11.8 Å². The molecule has 0 aliphatic heterocycles. The molecule has 1 aliphatic rings. The van der Waals surface area contributed by atoms with Gasteiger partial charge in [0.2, 0.25) is 0 Å². The quantitative estimate of drug-likeness (QED) is 0.587. The van der Waals surface area contributed by atoms with Crippen LogP contribution in [0.15, 0.2) is 58.5 Å². The van der Waals surface area contributed by atoms with E-state index in [9.17, 15) is 0 Å². The number of aryl methyl sites for hydroxylation is 1. The Balaban J connectivity index is 1.58. The zero-order valence-electron chi connectivity index (χ0n) is 15.0. The van der Waals surface area contributed by atoms with Crippen molar-refractivity contribution in [1.29, 1.82) is 0 Å². The lowest BCUT2D eigenvalue weighted by atomic mass is 10.2. The third-order valence-electron chi connectivity index (χ3n) is 4.31. The molecule has 1 aromatic carbocycles. The van der Waals surface area contributed by atoms with Crippen LogP contribution in [0.2, 0.25) is 0 Å². The average Bonchev–Trinajstić information content (AvgIpc) is 3.39. The highest BCUT2D eigenvalue weighted by atomic mass is 32.2. The highest BCUT2D eigenvalue weighted by molar-refractivity contribution is 8.01. The average molecular weight is 355 g/mol. The van der Waals surface area contributed by atoms with Crippen molar-refractivity contribution in [3.63, 3.8) is 0 Å². The first-order valence-corrected chi connectivity index (χ1v) is 9.69. The lowest BCUT2D eigenvalue weighted by Crippen LogP contribution is -2.41. The highest BCUT2D eigenvalue weighted by Crippen LogP contribution is 2.51. The number of nitrogens with one attached hydrogen (secondary N) is 2. The van der Waals surface area contributed by atoms with Crippen molar-refractivity contribution < 1.29 is 0 Å². The molecule has 4 nitrogen and oxygen atoms in total. The molecule has 1 fully saturated rings. The summed E-state index contributed by atoms with van der Waals surface area (Å²) in [4.78, 5) is 10.5. The van der Waals surface area contributed by atoms with Gasteiger partial charge in [0.15, 0.2) is 5.96 Å². The number of aromatic nitrogens is 1. The fraction of sp³-hybridized carbons (Fsp3) is 0.400. The molecule has 1 aromatic heterocycles. The Hall–Kier alpha value is -2.01. The van der Waals surface area contributed by atoms with Crippen molar-refractivity contribution in [2.45, 2.75) is 42.9 Å². The first-order chi connectivity index (χ1) is 12.2. The van der Waals surface area contributed by atoms with Crippen molar-refractivity contribution in [2.75, 3.05) is 13.1 Å². The lowest BCUT2D eigenvalue weighted by molar-refractivity contribution is 0.767.